The van der Waals surface area contributed by atoms with Crippen LogP contribution in [-0.4, -0.2) is 182 Å². The fourth-order valence-electron chi connectivity index (χ4n) is 6.69. The van der Waals surface area contributed by atoms with E-state index >= 15 is 0 Å². The van der Waals surface area contributed by atoms with Gasteiger partial charge in [-0.3, -0.25) is 0 Å². The van der Waals surface area contributed by atoms with Crippen molar-refractivity contribution in [3.8, 4) is 0 Å². The molecule has 0 aromatic heterocycles. The molecule has 2 aliphatic heterocycles. The van der Waals surface area contributed by atoms with Gasteiger partial charge in [-0.1, -0.05) is 5.11 Å². The Morgan fingerprint density at radius 2 is 0.984 bits per heavy atom. The number of carbonyl (C=O) groups excluding carboxylic acids is 4. The van der Waals surface area contributed by atoms with E-state index in [-0.39, 0.29) is 6.42 Å². The summed E-state index contributed by atoms with van der Waals surface area (Å²) in [5.41, 5.74) is 5.09. The number of nitrogens with zero attached hydrogens (tertiary/aromatic N) is 3. The van der Waals surface area contributed by atoms with Crippen LogP contribution in [0.2, 0.25) is 0 Å². The van der Waals surface area contributed by atoms with E-state index in [0.29, 0.717) is 0 Å². The molecule has 3 aliphatic rings. The van der Waals surface area contributed by atoms with Crippen LogP contribution in [-0.2, 0) is 37.9 Å². The zero-order valence-corrected chi connectivity index (χ0v) is 37.7. The molecule has 4 amide bonds. The third-order valence-corrected chi connectivity index (χ3v) is 9.19. The van der Waals surface area contributed by atoms with Gasteiger partial charge < -0.3 is 89.8 Å². The van der Waals surface area contributed by atoms with E-state index in [4.69, 9.17) is 43.4 Å². The van der Waals surface area contributed by atoms with Crippen molar-refractivity contribution in [2.45, 2.75) is 204 Å². The Balaban J connectivity index is 2.08. The summed E-state index contributed by atoms with van der Waals surface area (Å²) < 4.78 is 45.4. The molecule has 63 heavy (non-hydrogen) atoms. The molecule has 0 aromatic carbocycles. The Morgan fingerprint density at radius 1 is 0.571 bits per heavy atom. The largest absolute Gasteiger partial charge is 0.444 e. The van der Waals surface area contributed by atoms with Gasteiger partial charge in [0.15, 0.2) is 12.6 Å². The normalized spacial score (nSPS) is 34.0. The minimum absolute atomic E-state index is 0.379. The molecule has 2 heterocycles. The monoisotopic (exact) mass is 909 g/mol. The second kappa shape index (κ2) is 21.3. The number of ether oxygens (including phenoxy) is 8. The number of hydrogen-bond acceptors (Lipinski definition) is 19. The van der Waals surface area contributed by atoms with Gasteiger partial charge in [0.05, 0.1) is 30.8 Å². The number of aliphatic hydroxyl groups excluding tert-OH is 6. The molecule has 1 aliphatic carbocycles. The van der Waals surface area contributed by atoms with Crippen molar-refractivity contribution in [2.24, 2.45) is 5.11 Å². The summed E-state index contributed by atoms with van der Waals surface area (Å²) in [6.07, 6.45) is -25.9. The Labute approximate surface area is 365 Å². The Bertz CT molecular complexity index is 1610. The molecule has 1 saturated carbocycles. The third-order valence-electron chi connectivity index (χ3n) is 9.19. The van der Waals surface area contributed by atoms with Gasteiger partial charge in [-0.25, -0.2) is 19.2 Å². The van der Waals surface area contributed by atoms with Crippen LogP contribution in [0, 0.1) is 0 Å². The summed E-state index contributed by atoms with van der Waals surface area (Å²) in [6.45, 7) is 18.1. The highest BCUT2D eigenvalue weighted by molar-refractivity contribution is 5.70. The first-order chi connectivity index (χ1) is 28.8. The fraction of sp³-hybridized carbons (Fsp3) is 0.895. The molecule has 362 valence electrons. The van der Waals surface area contributed by atoms with Crippen LogP contribution < -0.4 is 21.3 Å². The number of amides is 4. The summed E-state index contributed by atoms with van der Waals surface area (Å²) in [4.78, 5) is 54.6. The smallest absolute Gasteiger partial charge is 0.408 e. The molecule has 0 aromatic rings. The summed E-state index contributed by atoms with van der Waals surface area (Å²) in [7, 11) is 0. The molecule has 0 spiro atoms. The Hall–Kier alpha value is -4.01. The SMILES string of the molecule is CC(C)(C)OC(=O)NCC1O[C@H](O[C@@H]2C(NC(=O)OC(C)(C)C)C[C@@H](NC(=O)OC(C)(C)C)[C@@H](O[C@H]3OC(CN=[N+]=[N-])[C@@H](O)[C@@H](NC(=O)OC(C)(C)C)C3O)C2O)C(O)[C@@H](O)[C@@H]1O. The molecule has 3 rings (SSSR count). The second-order valence-corrected chi connectivity index (χ2v) is 19.4. The molecule has 0 bridgehead atoms. The lowest BCUT2D eigenvalue weighted by Crippen LogP contribution is -2.70. The first kappa shape index (κ1) is 53.3. The van der Waals surface area contributed by atoms with Gasteiger partial charge in [-0.05, 0) is 95.0 Å². The molecule has 15 atom stereocenters. The summed E-state index contributed by atoms with van der Waals surface area (Å²) in [6, 6.07) is -4.32. The summed E-state index contributed by atoms with van der Waals surface area (Å²) in [5.74, 6) is 0. The maximum absolute atomic E-state index is 13.3. The predicted octanol–water partition coefficient (Wildman–Crippen LogP) is 0.291. The highest BCUT2D eigenvalue weighted by Gasteiger charge is 2.54. The number of hydrogen-bond donors (Lipinski definition) is 10. The van der Waals surface area contributed by atoms with Crippen LogP contribution in [0.3, 0.4) is 0 Å². The minimum atomic E-state index is -2.02. The quantitative estimate of drug-likeness (QED) is 0.0576. The van der Waals surface area contributed by atoms with E-state index in [1.54, 1.807) is 83.1 Å². The molecular weight excluding hydrogens is 842 g/mol. The second-order valence-electron chi connectivity index (χ2n) is 19.4. The maximum Gasteiger partial charge on any atom is 0.408 e. The molecule has 2 saturated heterocycles. The van der Waals surface area contributed by atoms with Gasteiger partial charge in [-0.15, -0.1) is 0 Å². The van der Waals surface area contributed by atoms with E-state index in [0.717, 1.165) is 0 Å². The average Bonchev–Trinajstić information content (AvgIpc) is 3.10. The Morgan fingerprint density at radius 3 is 1.43 bits per heavy atom. The van der Waals surface area contributed by atoms with E-state index in [1.165, 1.54) is 0 Å². The molecule has 6 unspecified atom stereocenters. The minimum Gasteiger partial charge on any atom is -0.444 e. The van der Waals surface area contributed by atoms with Crippen molar-refractivity contribution >= 4 is 24.4 Å². The van der Waals surface area contributed by atoms with Crippen LogP contribution >= 0.6 is 0 Å². The van der Waals surface area contributed by atoms with Crippen LogP contribution in [0.15, 0.2) is 5.11 Å². The van der Waals surface area contributed by atoms with Gasteiger partial charge in [0, 0.05) is 11.5 Å². The molecule has 25 nitrogen and oxygen atoms in total. The lowest BCUT2D eigenvalue weighted by atomic mass is 9.83. The lowest BCUT2D eigenvalue weighted by molar-refractivity contribution is -0.332. The lowest BCUT2D eigenvalue weighted by Gasteiger charge is -2.49. The van der Waals surface area contributed by atoms with Gasteiger partial charge in [-0.2, -0.15) is 0 Å². The fourth-order valence-corrected chi connectivity index (χ4v) is 6.69. The molecular formula is C38H67N7O18. The third kappa shape index (κ3) is 16.5. The number of nitrogens with one attached hydrogen (secondary N) is 4. The maximum atomic E-state index is 13.3. The zero-order chi connectivity index (χ0) is 48.0. The number of carbonyl (C=O) groups is 4. The van der Waals surface area contributed by atoms with E-state index in [2.05, 4.69) is 31.3 Å². The average molecular weight is 910 g/mol. The van der Waals surface area contributed by atoms with Gasteiger partial charge in [0.25, 0.3) is 0 Å². The summed E-state index contributed by atoms with van der Waals surface area (Å²) >= 11 is 0. The number of alkyl carbamates (subject to hydrolysis) is 4. The standard InChI is InChI=1S/C38H67N7O18/c1-35(2,3)60-31(52)40-14-18-22(47)24(49)25(50)30(56-18)59-28-17(43-33(54)62-37(7,8)9)13-16(42-32(53)61-36(4,5)6)27(26(28)51)58-29-23(48)20(44-34(55)63-38(10,11)12)21(46)19(57-29)15-41-45-39/h16-30,46-51H,13-15H2,1-12H3,(H,40,52)(H,42,53)(H,43,54)(H,44,55)/t16-,17?,18?,19?,20-,21-,22-,23?,24+,25?,26?,27-,28-,29-,30-/m1/s1. The van der Waals surface area contributed by atoms with E-state index in [9.17, 15) is 49.8 Å². The first-order valence-corrected chi connectivity index (χ1v) is 20.5. The molecule has 0 radical (unpaired) electrons. The highest BCUT2D eigenvalue weighted by Crippen LogP contribution is 2.34. The van der Waals surface area contributed by atoms with E-state index < -0.39 is 152 Å². The van der Waals surface area contributed by atoms with Crippen LogP contribution in [0.5, 0.6) is 0 Å². The molecule has 10 N–H and O–H groups in total. The van der Waals surface area contributed by atoms with Crippen LogP contribution in [0.1, 0.15) is 89.5 Å². The van der Waals surface area contributed by atoms with Gasteiger partial charge in [0.2, 0.25) is 0 Å². The van der Waals surface area contributed by atoms with Crippen molar-refractivity contribution in [3.63, 3.8) is 0 Å². The topological polar surface area (TPSA) is 360 Å². The highest BCUT2D eigenvalue weighted by atomic mass is 16.7. The predicted molar refractivity (Wildman–Crippen MR) is 215 cm³/mol. The van der Waals surface area contributed by atoms with Crippen LogP contribution in [0.4, 0.5) is 19.2 Å². The summed E-state index contributed by atoms with van der Waals surface area (Å²) in [5, 5.41) is 81.2. The first-order valence-electron chi connectivity index (χ1n) is 20.5. The number of aliphatic hydroxyl groups is 6. The van der Waals surface area contributed by atoms with Crippen molar-refractivity contribution in [1.82, 2.24) is 21.3 Å². The van der Waals surface area contributed by atoms with Gasteiger partial charge >= 0.3 is 24.4 Å². The van der Waals surface area contributed by atoms with Crippen molar-refractivity contribution in [1.29, 1.82) is 0 Å². The molecule has 3 fully saturated rings. The van der Waals surface area contributed by atoms with Crippen molar-refractivity contribution in [2.75, 3.05) is 13.1 Å². The number of azide groups is 1. The zero-order valence-electron chi connectivity index (χ0n) is 37.7. The van der Waals surface area contributed by atoms with Crippen LogP contribution in [0.25, 0.3) is 10.4 Å². The van der Waals surface area contributed by atoms with Gasteiger partial charge in [0.1, 0.15) is 77.3 Å². The number of rotatable bonds is 11. The Kier molecular flexibility index (Phi) is 18.0. The van der Waals surface area contributed by atoms with Crippen molar-refractivity contribution in [3.05, 3.63) is 10.4 Å². The van der Waals surface area contributed by atoms with Crippen molar-refractivity contribution < 1.29 is 87.7 Å². The van der Waals surface area contributed by atoms with E-state index in [1.807, 2.05) is 0 Å². The molecule has 25 heteroatoms.